The number of nitrogens with zero attached hydrogens (tertiary/aromatic N) is 3. The highest BCUT2D eigenvalue weighted by molar-refractivity contribution is 7.88. The number of carbonyl (C=O) groups is 4. The predicted octanol–water partition coefficient (Wildman–Crippen LogP) is 1.37. The molecular weight excluding hydrogens is 620 g/mol. The average Bonchev–Trinajstić information content (AvgIpc) is 3.03. The maximum atomic E-state index is 14.2. The van der Waals surface area contributed by atoms with Crippen LogP contribution in [0.1, 0.15) is 49.3 Å². The molecule has 2 heterocycles. The topological polar surface area (TPSA) is 162 Å². The Morgan fingerprint density at radius 3 is 2.33 bits per heavy atom. The van der Waals surface area contributed by atoms with Gasteiger partial charge in [0.25, 0.3) is 0 Å². The Hall–Kier alpha value is -3.52. The Bertz CT molecular complexity index is 1480. The Morgan fingerprint density at radius 1 is 0.956 bits per heavy atom. The van der Waals surface area contributed by atoms with E-state index in [4.69, 9.17) is 17.3 Å². The molecular formula is C31H41ClN6O6S. The molecule has 2 aliphatic heterocycles. The fourth-order valence-corrected chi connectivity index (χ4v) is 7.22. The first-order valence-corrected chi connectivity index (χ1v) is 17.1. The summed E-state index contributed by atoms with van der Waals surface area (Å²) < 4.78 is 29.1. The summed E-state index contributed by atoms with van der Waals surface area (Å²) in [5.74, 6) is -2.23. The van der Waals surface area contributed by atoms with Gasteiger partial charge in [-0.25, -0.2) is 13.1 Å². The maximum Gasteiger partial charge on any atom is 0.244 e. The molecule has 12 nitrogen and oxygen atoms in total. The zero-order valence-corrected chi connectivity index (χ0v) is 27.0. The van der Waals surface area contributed by atoms with Crippen molar-refractivity contribution in [1.29, 1.82) is 0 Å². The van der Waals surface area contributed by atoms with Crippen molar-refractivity contribution in [2.75, 3.05) is 32.7 Å². The van der Waals surface area contributed by atoms with E-state index < -0.39 is 40.3 Å². The molecule has 14 heteroatoms. The number of piperidine rings is 1. The standard InChI is InChI=1S/C31H41ClN6O6S/c1-22(39)37-14-15-38(28(20-37)30(41)34-19-25-16-26(32)11-10-24(25)18-33)31(42)27(17-29(40)36-12-6-3-7-13-36)35-45(43,44)21-23-8-4-2-5-9-23/h2,4-5,8-11,16,27-28,35H,3,6-7,12-15,17-21,33H2,1H3,(H,34,41)/t27-,28+/m1/s1. The SMILES string of the molecule is CC(=O)N1CCN(C(=O)[C@@H](CC(=O)N2CCCCC2)NS(=O)(=O)Cc2ccccc2)[C@H](C(=O)NCc2cc(Cl)ccc2CN)C1. The number of rotatable bonds is 11. The van der Waals surface area contributed by atoms with E-state index in [1.807, 2.05) is 0 Å². The van der Waals surface area contributed by atoms with Gasteiger partial charge in [-0.05, 0) is 48.1 Å². The Morgan fingerprint density at radius 2 is 1.67 bits per heavy atom. The number of carbonyl (C=O) groups excluding carboxylic acids is 4. The van der Waals surface area contributed by atoms with Gasteiger partial charge in [0.2, 0.25) is 33.7 Å². The van der Waals surface area contributed by atoms with Gasteiger partial charge in [-0.1, -0.05) is 48.0 Å². The minimum Gasteiger partial charge on any atom is -0.350 e. The lowest BCUT2D eigenvalue weighted by atomic mass is 10.0. The number of nitrogens with two attached hydrogens (primary N) is 1. The van der Waals surface area contributed by atoms with Gasteiger partial charge < -0.3 is 25.8 Å². The van der Waals surface area contributed by atoms with Crippen molar-refractivity contribution in [3.63, 3.8) is 0 Å². The lowest BCUT2D eigenvalue weighted by Gasteiger charge is -2.41. The smallest absolute Gasteiger partial charge is 0.244 e. The average molecular weight is 661 g/mol. The zero-order valence-electron chi connectivity index (χ0n) is 25.4. The van der Waals surface area contributed by atoms with Crippen LogP contribution >= 0.6 is 11.6 Å². The monoisotopic (exact) mass is 660 g/mol. The van der Waals surface area contributed by atoms with E-state index in [-0.39, 0.29) is 50.3 Å². The van der Waals surface area contributed by atoms with Crippen LogP contribution in [0, 0.1) is 0 Å². The van der Waals surface area contributed by atoms with Gasteiger partial charge in [0.1, 0.15) is 12.1 Å². The number of halogens is 1. The molecule has 2 fully saturated rings. The molecule has 0 aromatic heterocycles. The molecule has 4 N–H and O–H groups in total. The normalized spacial score (nSPS) is 17.9. The summed E-state index contributed by atoms with van der Waals surface area (Å²) in [7, 11) is -4.07. The van der Waals surface area contributed by atoms with Crippen molar-refractivity contribution >= 4 is 45.3 Å². The molecule has 0 bridgehead atoms. The highest BCUT2D eigenvalue weighted by Gasteiger charge is 2.41. The number of hydrogen-bond donors (Lipinski definition) is 3. The van der Waals surface area contributed by atoms with Gasteiger partial charge in [-0.2, -0.15) is 0 Å². The van der Waals surface area contributed by atoms with Crippen molar-refractivity contribution in [2.45, 2.75) is 63.5 Å². The summed E-state index contributed by atoms with van der Waals surface area (Å²) in [5.41, 5.74) is 7.85. The summed E-state index contributed by atoms with van der Waals surface area (Å²) in [5, 5.41) is 3.30. The van der Waals surface area contributed by atoms with Crippen molar-refractivity contribution in [3.8, 4) is 0 Å². The van der Waals surface area contributed by atoms with E-state index in [1.54, 1.807) is 53.4 Å². The van der Waals surface area contributed by atoms with Gasteiger partial charge in [-0.15, -0.1) is 0 Å². The first kappa shape index (κ1) is 34.4. The van der Waals surface area contributed by atoms with Crippen LogP contribution in [0.3, 0.4) is 0 Å². The minimum absolute atomic E-state index is 0.0173. The van der Waals surface area contributed by atoms with Gasteiger partial charge in [0, 0.05) is 51.2 Å². The second-order valence-electron chi connectivity index (χ2n) is 11.4. The first-order chi connectivity index (χ1) is 21.5. The van der Waals surface area contributed by atoms with E-state index in [0.717, 1.165) is 24.8 Å². The second kappa shape index (κ2) is 15.7. The molecule has 0 radical (unpaired) electrons. The predicted molar refractivity (Wildman–Crippen MR) is 170 cm³/mol. The summed E-state index contributed by atoms with van der Waals surface area (Å²) in [6.07, 6.45) is 2.27. The number of nitrogens with one attached hydrogen (secondary N) is 2. The summed E-state index contributed by atoms with van der Waals surface area (Å²) in [6, 6.07) is 11.1. The van der Waals surface area contributed by atoms with Gasteiger partial charge in [-0.3, -0.25) is 19.2 Å². The molecule has 2 aromatic rings. The lowest BCUT2D eigenvalue weighted by molar-refractivity contribution is -0.149. The zero-order chi connectivity index (χ0) is 32.6. The van der Waals surface area contributed by atoms with Crippen LogP contribution in [0.25, 0.3) is 0 Å². The van der Waals surface area contributed by atoms with Gasteiger partial charge in [0.05, 0.1) is 18.7 Å². The molecule has 45 heavy (non-hydrogen) atoms. The van der Waals surface area contributed by atoms with Crippen LogP contribution in [0.2, 0.25) is 5.02 Å². The van der Waals surface area contributed by atoms with E-state index in [9.17, 15) is 27.6 Å². The van der Waals surface area contributed by atoms with Gasteiger partial charge in [0.15, 0.2) is 0 Å². The molecule has 244 valence electrons. The molecule has 0 saturated carbocycles. The lowest BCUT2D eigenvalue weighted by Crippen LogP contribution is -2.64. The molecule has 0 spiro atoms. The van der Waals surface area contributed by atoms with Crippen LogP contribution in [0.4, 0.5) is 0 Å². The summed E-state index contributed by atoms with van der Waals surface area (Å²) in [6.45, 7) is 2.80. The maximum absolute atomic E-state index is 14.2. The van der Waals surface area contributed by atoms with E-state index in [1.165, 1.54) is 16.7 Å². The molecule has 0 aliphatic carbocycles. The molecule has 4 amide bonds. The quantitative estimate of drug-likeness (QED) is 0.328. The fraction of sp³-hybridized carbons (Fsp3) is 0.484. The largest absolute Gasteiger partial charge is 0.350 e. The van der Waals surface area contributed by atoms with Crippen LogP contribution in [0.15, 0.2) is 48.5 Å². The molecule has 4 rings (SSSR count). The molecule has 2 aliphatic rings. The van der Waals surface area contributed by atoms with Crippen molar-refractivity contribution in [1.82, 2.24) is 24.7 Å². The highest BCUT2D eigenvalue weighted by Crippen LogP contribution is 2.19. The fourth-order valence-electron chi connectivity index (χ4n) is 5.69. The number of piperazine rings is 1. The third-order valence-electron chi connectivity index (χ3n) is 8.16. The van der Waals surface area contributed by atoms with Gasteiger partial charge >= 0.3 is 0 Å². The number of hydrogen-bond acceptors (Lipinski definition) is 7. The molecule has 2 aromatic carbocycles. The van der Waals surface area contributed by atoms with Crippen LogP contribution in [-0.4, -0.2) is 91.6 Å². The third kappa shape index (κ3) is 9.49. The molecule has 2 atom stereocenters. The Labute approximate surface area is 269 Å². The highest BCUT2D eigenvalue weighted by atomic mass is 35.5. The van der Waals surface area contributed by atoms with Crippen molar-refractivity contribution in [3.05, 3.63) is 70.2 Å². The third-order valence-corrected chi connectivity index (χ3v) is 9.75. The van der Waals surface area contributed by atoms with E-state index in [2.05, 4.69) is 10.0 Å². The van der Waals surface area contributed by atoms with Crippen molar-refractivity contribution in [2.24, 2.45) is 5.73 Å². The summed E-state index contributed by atoms with van der Waals surface area (Å²) >= 11 is 6.16. The minimum atomic E-state index is -4.07. The second-order valence-corrected chi connectivity index (χ2v) is 13.6. The number of likely N-dealkylation sites (tertiary alicyclic amines) is 1. The molecule has 2 saturated heterocycles. The summed E-state index contributed by atoms with van der Waals surface area (Å²) in [4.78, 5) is 57.8. The Balaban J connectivity index is 1.58. The van der Waals surface area contributed by atoms with Crippen LogP contribution < -0.4 is 15.8 Å². The first-order valence-electron chi connectivity index (χ1n) is 15.1. The molecule has 0 unspecified atom stereocenters. The van der Waals surface area contributed by atoms with Crippen LogP contribution in [0.5, 0.6) is 0 Å². The number of sulfonamides is 1. The Kier molecular flexibility index (Phi) is 12.0. The van der Waals surface area contributed by atoms with E-state index >= 15 is 0 Å². The van der Waals surface area contributed by atoms with Crippen molar-refractivity contribution < 1.29 is 27.6 Å². The number of amides is 4. The van der Waals surface area contributed by atoms with Crippen LogP contribution in [-0.2, 0) is 48.0 Å². The number of benzene rings is 2. The van der Waals surface area contributed by atoms with E-state index in [0.29, 0.717) is 29.2 Å².